The first-order valence-corrected chi connectivity index (χ1v) is 14.5. The molecular formula is C26H29Cl2N3O5S. The van der Waals surface area contributed by atoms with Crippen molar-refractivity contribution in [3.8, 4) is 0 Å². The van der Waals surface area contributed by atoms with Crippen LogP contribution in [0.25, 0.3) is 0 Å². The van der Waals surface area contributed by atoms with Crippen LogP contribution in [0, 0.1) is 0 Å². The molecule has 0 radical (unpaired) electrons. The summed E-state index contributed by atoms with van der Waals surface area (Å²) >= 11 is 12.2. The quantitative estimate of drug-likeness (QED) is 0.511. The molecule has 1 atom stereocenters. The minimum absolute atomic E-state index is 0.0126. The van der Waals surface area contributed by atoms with E-state index in [-0.39, 0.29) is 29.0 Å². The van der Waals surface area contributed by atoms with Crippen molar-refractivity contribution in [2.75, 3.05) is 6.54 Å². The van der Waals surface area contributed by atoms with E-state index in [0.29, 0.717) is 26.3 Å². The SMILES string of the molecule is CC[C@@H](C(=O)NC1CCCCC1)N(Cc1ccc(Cl)c(Cl)c1)C(=O)CN1C(=O)c2ccccc2S1(=O)=O. The Hall–Kier alpha value is -2.62. The Kier molecular flexibility index (Phi) is 8.46. The lowest BCUT2D eigenvalue weighted by Crippen LogP contribution is -2.53. The Morgan fingerprint density at radius 3 is 2.43 bits per heavy atom. The summed E-state index contributed by atoms with van der Waals surface area (Å²) in [5.41, 5.74) is 0.638. The zero-order chi connectivity index (χ0) is 26.7. The van der Waals surface area contributed by atoms with Crippen LogP contribution in [0.5, 0.6) is 0 Å². The molecule has 2 aromatic carbocycles. The van der Waals surface area contributed by atoms with Gasteiger partial charge in [-0.2, -0.15) is 0 Å². The molecule has 0 spiro atoms. The van der Waals surface area contributed by atoms with Gasteiger partial charge in [-0.15, -0.1) is 0 Å². The molecule has 1 heterocycles. The Balaban J connectivity index is 1.62. The van der Waals surface area contributed by atoms with E-state index in [0.717, 1.165) is 32.1 Å². The number of amides is 3. The van der Waals surface area contributed by atoms with Crippen LogP contribution in [0.1, 0.15) is 61.4 Å². The monoisotopic (exact) mass is 565 g/mol. The normalized spacial score (nSPS) is 17.8. The van der Waals surface area contributed by atoms with Gasteiger partial charge in [0.2, 0.25) is 11.8 Å². The van der Waals surface area contributed by atoms with Crippen molar-refractivity contribution < 1.29 is 22.8 Å². The van der Waals surface area contributed by atoms with Gasteiger partial charge in [0, 0.05) is 12.6 Å². The van der Waals surface area contributed by atoms with Crippen molar-refractivity contribution in [1.82, 2.24) is 14.5 Å². The smallest absolute Gasteiger partial charge is 0.269 e. The van der Waals surface area contributed by atoms with Gasteiger partial charge in [-0.1, -0.05) is 67.6 Å². The molecular weight excluding hydrogens is 537 g/mol. The zero-order valence-electron chi connectivity index (χ0n) is 20.5. The number of fused-ring (bicyclic) bond motifs is 1. The minimum Gasteiger partial charge on any atom is -0.352 e. The van der Waals surface area contributed by atoms with Crippen LogP contribution in [0.15, 0.2) is 47.4 Å². The lowest BCUT2D eigenvalue weighted by molar-refractivity contribution is -0.141. The average Bonchev–Trinajstić information content (AvgIpc) is 3.07. The fourth-order valence-corrected chi connectivity index (χ4v) is 6.74. The summed E-state index contributed by atoms with van der Waals surface area (Å²) in [6.07, 6.45) is 5.24. The van der Waals surface area contributed by atoms with Gasteiger partial charge in [-0.05, 0) is 49.1 Å². The summed E-state index contributed by atoms with van der Waals surface area (Å²) in [5.74, 6) is -1.73. The van der Waals surface area contributed by atoms with Gasteiger partial charge in [0.25, 0.3) is 15.9 Å². The van der Waals surface area contributed by atoms with Crippen molar-refractivity contribution in [1.29, 1.82) is 0 Å². The van der Waals surface area contributed by atoms with E-state index >= 15 is 0 Å². The topological polar surface area (TPSA) is 104 Å². The fourth-order valence-electron chi connectivity index (χ4n) is 4.90. The summed E-state index contributed by atoms with van der Waals surface area (Å²) in [4.78, 5) is 41.1. The summed E-state index contributed by atoms with van der Waals surface area (Å²) in [6.45, 7) is 1.06. The van der Waals surface area contributed by atoms with E-state index in [1.165, 1.54) is 23.1 Å². The molecule has 1 aliphatic heterocycles. The Labute approximate surface area is 227 Å². The van der Waals surface area contributed by atoms with E-state index < -0.39 is 34.4 Å². The number of halogens is 2. The highest BCUT2D eigenvalue weighted by Gasteiger charge is 2.43. The van der Waals surface area contributed by atoms with Gasteiger partial charge in [-0.3, -0.25) is 14.4 Å². The molecule has 2 aliphatic rings. The number of benzene rings is 2. The molecule has 0 aromatic heterocycles. The molecule has 0 saturated heterocycles. The van der Waals surface area contributed by atoms with Crippen molar-refractivity contribution in [2.24, 2.45) is 0 Å². The molecule has 1 N–H and O–H groups in total. The first-order chi connectivity index (χ1) is 17.6. The third kappa shape index (κ3) is 5.78. The first kappa shape index (κ1) is 27.4. The summed E-state index contributed by atoms with van der Waals surface area (Å²) in [5, 5.41) is 3.70. The molecule has 1 saturated carbocycles. The molecule has 198 valence electrons. The van der Waals surface area contributed by atoms with Gasteiger partial charge < -0.3 is 10.2 Å². The largest absolute Gasteiger partial charge is 0.352 e. The zero-order valence-corrected chi connectivity index (χ0v) is 22.8. The van der Waals surface area contributed by atoms with E-state index in [1.54, 1.807) is 31.2 Å². The predicted octanol–water partition coefficient (Wildman–Crippen LogP) is 4.39. The van der Waals surface area contributed by atoms with Crippen molar-refractivity contribution in [3.63, 3.8) is 0 Å². The number of carbonyl (C=O) groups is 3. The van der Waals surface area contributed by atoms with Gasteiger partial charge in [0.15, 0.2) is 0 Å². The summed E-state index contributed by atoms with van der Waals surface area (Å²) in [7, 11) is -4.19. The van der Waals surface area contributed by atoms with Crippen LogP contribution in [0.3, 0.4) is 0 Å². The molecule has 0 bridgehead atoms. The maximum absolute atomic E-state index is 13.7. The molecule has 3 amide bonds. The molecule has 1 aliphatic carbocycles. The molecule has 1 fully saturated rings. The fraction of sp³-hybridized carbons (Fsp3) is 0.423. The molecule has 11 heteroatoms. The van der Waals surface area contributed by atoms with E-state index in [4.69, 9.17) is 23.2 Å². The van der Waals surface area contributed by atoms with Gasteiger partial charge in [0.05, 0.1) is 15.6 Å². The summed E-state index contributed by atoms with van der Waals surface area (Å²) in [6, 6.07) is 9.89. The van der Waals surface area contributed by atoms with Crippen LogP contribution in [0.4, 0.5) is 0 Å². The van der Waals surface area contributed by atoms with Gasteiger partial charge >= 0.3 is 0 Å². The lowest BCUT2D eigenvalue weighted by atomic mass is 9.95. The third-order valence-corrected chi connectivity index (χ3v) is 9.39. The Bertz CT molecular complexity index is 1310. The second-order valence-corrected chi connectivity index (χ2v) is 12.0. The lowest BCUT2D eigenvalue weighted by Gasteiger charge is -2.33. The maximum Gasteiger partial charge on any atom is 0.269 e. The summed E-state index contributed by atoms with van der Waals surface area (Å²) < 4.78 is 26.7. The highest BCUT2D eigenvalue weighted by atomic mass is 35.5. The number of hydrogen-bond donors (Lipinski definition) is 1. The van der Waals surface area contributed by atoms with E-state index in [9.17, 15) is 22.8 Å². The molecule has 4 rings (SSSR count). The van der Waals surface area contributed by atoms with Gasteiger partial charge in [0.1, 0.15) is 17.5 Å². The van der Waals surface area contributed by atoms with E-state index in [1.807, 2.05) is 0 Å². The highest BCUT2D eigenvalue weighted by Crippen LogP contribution is 2.30. The molecule has 2 aromatic rings. The second kappa shape index (κ2) is 11.4. The second-order valence-electron chi connectivity index (χ2n) is 9.35. The Morgan fingerprint density at radius 2 is 1.78 bits per heavy atom. The number of sulfonamides is 1. The molecule has 37 heavy (non-hydrogen) atoms. The molecule has 0 unspecified atom stereocenters. The number of nitrogens with zero attached hydrogens (tertiary/aromatic N) is 2. The Morgan fingerprint density at radius 1 is 1.08 bits per heavy atom. The van der Waals surface area contributed by atoms with E-state index in [2.05, 4.69) is 5.32 Å². The molecule has 8 nitrogen and oxygen atoms in total. The van der Waals surface area contributed by atoms with Crippen LogP contribution in [0.2, 0.25) is 10.0 Å². The van der Waals surface area contributed by atoms with Crippen LogP contribution < -0.4 is 5.32 Å². The minimum atomic E-state index is -4.19. The van der Waals surface area contributed by atoms with Crippen LogP contribution in [-0.2, 0) is 26.2 Å². The standard InChI is InChI=1S/C26H29Cl2N3O5S/c1-2-22(25(33)29-18-8-4-3-5-9-18)30(15-17-12-13-20(27)21(28)14-17)24(32)16-31-26(34)19-10-6-7-11-23(19)37(31,35)36/h6-7,10-14,18,22H,2-5,8-9,15-16H2,1H3,(H,29,33)/t22-/m0/s1. The number of rotatable bonds is 8. The van der Waals surface area contributed by atoms with Crippen molar-refractivity contribution in [2.45, 2.75) is 69.0 Å². The maximum atomic E-state index is 13.7. The van der Waals surface area contributed by atoms with Crippen LogP contribution >= 0.6 is 23.2 Å². The number of hydrogen-bond acceptors (Lipinski definition) is 5. The number of carbonyl (C=O) groups excluding carboxylic acids is 3. The highest BCUT2D eigenvalue weighted by molar-refractivity contribution is 7.90. The van der Waals surface area contributed by atoms with Gasteiger partial charge in [-0.25, -0.2) is 12.7 Å². The first-order valence-electron chi connectivity index (χ1n) is 12.3. The third-order valence-electron chi connectivity index (χ3n) is 6.87. The number of nitrogens with one attached hydrogen (secondary N) is 1. The van der Waals surface area contributed by atoms with Crippen molar-refractivity contribution >= 4 is 50.9 Å². The van der Waals surface area contributed by atoms with Crippen molar-refractivity contribution in [3.05, 3.63) is 63.6 Å². The predicted molar refractivity (Wildman–Crippen MR) is 141 cm³/mol. The van der Waals surface area contributed by atoms with Crippen LogP contribution in [-0.4, -0.2) is 54.0 Å². The average molecular weight is 567 g/mol.